The minimum Gasteiger partial charge on any atom is -0.402 e. The van der Waals surface area contributed by atoms with Gasteiger partial charge in [0.25, 0.3) is 0 Å². The quantitative estimate of drug-likeness (QED) is 0.628. The van der Waals surface area contributed by atoms with E-state index in [1.165, 1.54) is 0 Å². The Labute approximate surface area is 133 Å². The monoisotopic (exact) mass is 309 g/mol. The summed E-state index contributed by atoms with van der Waals surface area (Å²) in [6.07, 6.45) is 5.31. The molecule has 0 fully saturated rings. The zero-order valence-corrected chi connectivity index (χ0v) is 12.3. The highest BCUT2D eigenvalue weighted by molar-refractivity contribution is 6.30. The number of hydrogen-bond donors (Lipinski definition) is 0. The van der Waals surface area contributed by atoms with Crippen LogP contribution >= 0.6 is 11.6 Å². The van der Waals surface area contributed by atoms with Crippen molar-refractivity contribution in [3.05, 3.63) is 88.6 Å². The summed E-state index contributed by atoms with van der Waals surface area (Å²) < 4.78 is 5.17. The van der Waals surface area contributed by atoms with Gasteiger partial charge in [-0.25, -0.2) is 9.79 Å². The van der Waals surface area contributed by atoms with Crippen molar-refractivity contribution in [2.75, 3.05) is 0 Å². The minimum atomic E-state index is -0.456. The molecule has 0 aliphatic carbocycles. The highest BCUT2D eigenvalue weighted by atomic mass is 35.5. The molecule has 1 heterocycles. The van der Waals surface area contributed by atoms with Crippen molar-refractivity contribution in [1.29, 1.82) is 0 Å². The predicted molar refractivity (Wildman–Crippen MR) is 87.6 cm³/mol. The van der Waals surface area contributed by atoms with Crippen LogP contribution < -0.4 is 0 Å². The Morgan fingerprint density at radius 1 is 1.00 bits per heavy atom. The van der Waals surface area contributed by atoms with Crippen LogP contribution in [0.3, 0.4) is 0 Å². The minimum absolute atomic E-state index is 0.275. The maximum absolute atomic E-state index is 11.8. The van der Waals surface area contributed by atoms with E-state index in [0.717, 1.165) is 5.56 Å². The Kier molecular flexibility index (Phi) is 4.17. The lowest BCUT2D eigenvalue weighted by Crippen LogP contribution is -2.04. The summed E-state index contributed by atoms with van der Waals surface area (Å²) in [4.78, 5) is 16.0. The molecule has 0 atom stereocenters. The first-order valence-electron chi connectivity index (χ1n) is 6.72. The summed E-state index contributed by atoms with van der Waals surface area (Å²) >= 11 is 5.83. The van der Waals surface area contributed by atoms with Crippen LogP contribution in [-0.4, -0.2) is 11.9 Å². The molecule has 0 spiro atoms. The topological polar surface area (TPSA) is 38.7 Å². The lowest BCUT2D eigenvalue weighted by molar-refractivity contribution is -0.130. The van der Waals surface area contributed by atoms with E-state index in [2.05, 4.69) is 4.99 Å². The van der Waals surface area contributed by atoms with E-state index in [1.807, 2.05) is 36.4 Å². The number of carbonyl (C=O) groups excluding carboxylic acids is 1. The highest BCUT2D eigenvalue weighted by Crippen LogP contribution is 2.18. The van der Waals surface area contributed by atoms with Crippen LogP contribution in [0.25, 0.3) is 6.08 Å². The average molecular weight is 310 g/mol. The number of esters is 1. The Bertz CT molecular complexity index is 774. The molecule has 0 radical (unpaired) electrons. The van der Waals surface area contributed by atoms with Gasteiger partial charge in [0.2, 0.25) is 5.90 Å². The van der Waals surface area contributed by atoms with Crippen molar-refractivity contribution >= 4 is 29.5 Å². The molecule has 3 nitrogen and oxygen atoms in total. The number of aliphatic imine (C=N–C) groups is 1. The van der Waals surface area contributed by atoms with Gasteiger partial charge < -0.3 is 4.74 Å². The first-order chi connectivity index (χ1) is 10.7. The van der Waals surface area contributed by atoms with Crippen molar-refractivity contribution in [3.8, 4) is 0 Å². The van der Waals surface area contributed by atoms with Crippen molar-refractivity contribution in [1.82, 2.24) is 0 Å². The zero-order chi connectivity index (χ0) is 15.4. The van der Waals surface area contributed by atoms with Crippen molar-refractivity contribution in [2.45, 2.75) is 0 Å². The van der Waals surface area contributed by atoms with Crippen molar-refractivity contribution < 1.29 is 9.53 Å². The highest BCUT2D eigenvalue weighted by Gasteiger charge is 2.23. The van der Waals surface area contributed by atoms with Crippen LogP contribution in [0.4, 0.5) is 0 Å². The molecule has 1 aliphatic heterocycles. The lowest BCUT2D eigenvalue weighted by atomic mass is 10.2. The van der Waals surface area contributed by atoms with Crippen LogP contribution in [0.2, 0.25) is 5.02 Å². The molecule has 0 unspecified atom stereocenters. The molecule has 1 aliphatic rings. The normalized spacial score (nSPS) is 16.1. The molecule has 108 valence electrons. The third-order valence-corrected chi connectivity index (χ3v) is 3.31. The average Bonchev–Trinajstić information content (AvgIpc) is 2.90. The van der Waals surface area contributed by atoms with E-state index in [1.54, 1.807) is 36.4 Å². The molecule has 0 saturated carbocycles. The van der Waals surface area contributed by atoms with E-state index >= 15 is 0 Å². The Hall–Kier alpha value is -2.65. The fourth-order valence-corrected chi connectivity index (χ4v) is 2.08. The Morgan fingerprint density at radius 2 is 1.73 bits per heavy atom. The summed E-state index contributed by atoms with van der Waals surface area (Å²) in [6, 6.07) is 16.8. The first-order valence-corrected chi connectivity index (χ1v) is 7.10. The summed E-state index contributed by atoms with van der Waals surface area (Å²) in [5.41, 5.74) is 2.04. The second-order valence-electron chi connectivity index (χ2n) is 4.64. The van der Waals surface area contributed by atoms with Gasteiger partial charge >= 0.3 is 5.97 Å². The van der Waals surface area contributed by atoms with Gasteiger partial charge in [-0.05, 0) is 35.9 Å². The lowest BCUT2D eigenvalue weighted by Gasteiger charge is -1.98. The standard InChI is InChI=1S/C18H12ClNO2/c19-15-11-9-14(10-12-15)17-20-16(18(21)22-17)8-4-7-13-5-2-1-3-6-13/h1-12H/b7-4+,16-8-. The van der Waals surface area contributed by atoms with Gasteiger partial charge in [-0.2, -0.15) is 0 Å². The molecule has 2 aromatic carbocycles. The number of nitrogens with zero attached hydrogens (tertiary/aromatic N) is 1. The van der Waals surface area contributed by atoms with E-state index in [9.17, 15) is 4.79 Å². The molecule has 22 heavy (non-hydrogen) atoms. The van der Waals surface area contributed by atoms with Gasteiger partial charge in [0, 0.05) is 10.6 Å². The van der Waals surface area contributed by atoms with Crippen LogP contribution in [0.5, 0.6) is 0 Å². The number of benzene rings is 2. The van der Waals surface area contributed by atoms with Gasteiger partial charge in [-0.1, -0.05) is 54.1 Å². The first kappa shape index (κ1) is 14.3. The molecular formula is C18H12ClNO2. The molecule has 4 heteroatoms. The van der Waals surface area contributed by atoms with Crippen LogP contribution in [0.1, 0.15) is 11.1 Å². The number of halogens is 1. The largest absolute Gasteiger partial charge is 0.402 e. The number of cyclic esters (lactones) is 1. The van der Waals surface area contributed by atoms with E-state index in [4.69, 9.17) is 16.3 Å². The van der Waals surface area contributed by atoms with Crippen LogP contribution in [0, 0.1) is 0 Å². The number of ether oxygens (including phenoxy) is 1. The number of carbonyl (C=O) groups is 1. The van der Waals surface area contributed by atoms with Gasteiger partial charge in [0.15, 0.2) is 5.70 Å². The van der Waals surface area contributed by atoms with Crippen molar-refractivity contribution in [3.63, 3.8) is 0 Å². The maximum atomic E-state index is 11.8. The summed E-state index contributed by atoms with van der Waals surface area (Å²) in [5, 5.41) is 0.621. The smallest absolute Gasteiger partial charge is 0.363 e. The molecule has 3 rings (SSSR count). The second-order valence-corrected chi connectivity index (χ2v) is 5.07. The van der Waals surface area contributed by atoms with E-state index in [-0.39, 0.29) is 5.70 Å². The van der Waals surface area contributed by atoms with Gasteiger partial charge in [0.1, 0.15) is 0 Å². The Morgan fingerprint density at radius 3 is 2.45 bits per heavy atom. The molecule has 0 saturated heterocycles. The SMILES string of the molecule is O=C1OC(c2ccc(Cl)cc2)=N/C1=C\C=C\c1ccccc1. The molecule has 0 aromatic heterocycles. The summed E-state index contributed by atoms with van der Waals surface area (Å²) in [5.74, 6) is -0.163. The number of hydrogen-bond acceptors (Lipinski definition) is 3. The van der Waals surface area contributed by atoms with E-state index in [0.29, 0.717) is 16.5 Å². The van der Waals surface area contributed by atoms with Crippen molar-refractivity contribution in [2.24, 2.45) is 4.99 Å². The van der Waals surface area contributed by atoms with Crippen LogP contribution in [0.15, 0.2) is 77.4 Å². The van der Waals surface area contributed by atoms with Crippen LogP contribution in [-0.2, 0) is 9.53 Å². The summed E-state index contributed by atoms with van der Waals surface area (Å²) in [6.45, 7) is 0. The molecule has 0 bridgehead atoms. The number of allylic oxidation sites excluding steroid dienone is 2. The number of rotatable bonds is 3. The Balaban J connectivity index is 1.79. The molecular weight excluding hydrogens is 298 g/mol. The van der Waals surface area contributed by atoms with Gasteiger partial charge in [-0.15, -0.1) is 0 Å². The third kappa shape index (κ3) is 3.32. The fourth-order valence-electron chi connectivity index (χ4n) is 1.95. The zero-order valence-electron chi connectivity index (χ0n) is 11.6. The molecule has 2 aromatic rings. The fraction of sp³-hybridized carbons (Fsp3) is 0. The summed E-state index contributed by atoms with van der Waals surface area (Å²) in [7, 11) is 0. The third-order valence-electron chi connectivity index (χ3n) is 3.05. The van der Waals surface area contributed by atoms with Gasteiger partial charge in [-0.3, -0.25) is 0 Å². The maximum Gasteiger partial charge on any atom is 0.363 e. The second kappa shape index (κ2) is 6.41. The predicted octanol–water partition coefficient (Wildman–Crippen LogP) is 4.24. The molecule has 0 amide bonds. The van der Waals surface area contributed by atoms with E-state index < -0.39 is 5.97 Å². The van der Waals surface area contributed by atoms with Gasteiger partial charge in [0.05, 0.1) is 0 Å². The molecule has 0 N–H and O–H groups in total.